The number of allylic oxidation sites excluding steroid dienone is 1. The first-order valence-corrected chi connectivity index (χ1v) is 12.6. The summed E-state index contributed by atoms with van der Waals surface area (Å²) in [6.45, 7) is 7.58. The summed E-state index contributed by atoms with van der Waals surface area (Å²) in [6.07, 6.45) is 15.8. The Bertz CT molecular complexity index is 709. The van der Waals surface area contributed by atoms with Crippen LogP contribution < -0.4 is 0 Å². The minimum Gasteiger partial charge on any atom is -0.469 e. The van der Waals surface area contributed by atoms with Crippen LogP contribution in [0.2, 0.25) is 0 Å². The molecule has 3 heteroatoms. The van der Waals surface area contributed by atoms with E-state index in [1.54, 1.807) is 0 Å². The summed E-state index contributed by atoms with van der Waals surface area (Å²) in [4.78, 5) is 23.4. The molecule has 0 aromatic rings. The molecule has 0 spiro atoms. The Morgan fingerprint density at radius 2 is 1.90 bits per heavy atom. The predicted octanol–water partition coefficient (Wildman–Crippen LogP) is 6.50. The van der Waals surface area contributed by atoms with Gasteiger partial charge in [0, 0.05) is 12.8 Å². The zero-order valence-electron chi connectivity index (χ0n) is 19.7. The monoisotopic (exact) mass is 414 g/mol. The molecule has 0 N–H and O–H groups in total. The van der Waals surface area contributed by atoms with Crippen LogP contribution in [0.15, 0.2) is 11.6 Å². The predicted molar refractivity (Wildman–Crippen MR) is 120 cm³/mol. The molecule has 30 heavy (non-hydrogen) atoms. The lowest BCUT2D eigenvalue weighted by Gasteiger charge is -2.58. The first-order valence-electron chi connectivity index (χ1n) is 12.6. The van der Waals surface area contributed by atoms with Gasteiger partial charge in [-0.05, 0) is 97.9 Å². The van der Waals surface area contributed by atoms with Crippen LogP contribution in [0, 0.1) is 40.4 Å². The second-order valence-corrected chi connectivity index (χ2v) is 11.5. The van der Waals surface area contributed by atoms with Crippen molar-refractivity contribution in [2.75, 3.05) is 7.11 Å². The number of esters is 1. The number of rotatable bonds is 6. The molecular weight excluding hydrogens is 372 g/mol. The Morgan fingerprint density at radius 1 is 1.10 bits per heavy atom. The zero-order valence-corrected chi connectivity index (χ0v) is 19.7. The largest absolute Gasteiger partial charge is 0.469 e. The van der Waals surface area contributed by atoms with E-state index in [1.165, 1.54) is 51.2 Å². The highest BCUT2D eigenvalue weighted by Crippen LogP contribution is 2.67. The van der Waals surface area contributed by atoms with Gasteiger partial charge in [0.2, 0.25) is 0 Å². The van der Waals surface area contributed by atoms with Gasteiger partial charge < -0.3 is 4.74 Å². The fraction of sp³-hybridized carbons (Fsp3) is 0.852. The van der Waals surface area contributed by atoms with Crippen molar-refractivity contribution in [1.29, 1.82) is 0 Å². The van der Waals surface area contributed by atoms with Gasteiger partial charge in [-0.15, -0.1) is 0 Å². The summed E-state index contributed by atoms with van der Waals surface area (Å²) in [5, 5.41) is 0. The molecule has 168 valence electrons. The minimum absolute atomic E-state index is 0.0718. The van der Waals surface area contributed by atoms with E-state index in [4.69, 9.17) is 4.74 Å². The Labute approximate surface area is 183 Å². The van der Waals surface area contributed by atoms with Crippen LogP contribution in [0.25, 0.3) is 0 Å². The van der Waals surface area contributed by atoms with Crippen LogP contribution in [0.3, 0.4) is 0 Å². The molecule has 0 amide bonds. The maximum absolute atomic E-state index is 12.0. The van der Waals surface area contributed by atoms with Gasteiger partial charge in [-0.25, -0.2) is 0 Å². The number of methoxy groups -OCH3 is 1. The Hall–Kier alpha value is -1.12. The molecule has 0 aromatic carbocycles. The molecule has 7 atom stereocenters. The third kappa shape index (κ3) is 3.69. The van der Waals surface area contributed by atoms with Gasteiger partial charge >= 0.3 is 5.97 Å². The van der Waals surface area contributed by atoms with Crippen molar-refractivity contribution in [2.24, 2.45) is 40.4 Å². The molecule has 3 saturated carbocycles. The van der Waals surface area contributed by atoms with Gasteiger partial charge in [-0.3, -0.25) is 9.59 Å². The fourth-order valence-electron chi connectivity index (χ4n) is 8.57. The highest BCUT2D eigenvalue weighted by molar-refractivity contribution is 5.91. The Morgan fingerprint density at radius 3 is 2.67 bits per heavy atom. The molecular formula is C27H42O3. The Kier molecular flexibility index (Phi) is 6.21. The van der Waals surface area contributed by atoms with E-state index in [-0.39, 0.29) is 11.4 Å². The van der Waals surface area contributed by atoms with Crippen molar-refractivity contribution >= 4 is 11.8 Å². The third-order valence-electron chi connectivity index (χ3n) is 10.2. The van der Waals surface area contributed by atoms with Crippen LogP contribution in [0.5, 0.6) is 0 Å². The van der Waals surface area contributed by atoms with Gasteiger partial charge in [-0.1, -0.05) is 39.2 Å². The van der Waals surface area contributed by atoms with E-state index in [1.807, 2.05) is 6.08 Å². The van der Waals surface area contributed by atoms with Gasteiger partial charge in [0.15, 0.2) is 5.78 Å². The Balaban J connectivity index is 1.42. The number of hydrogen-bond donors (Lipinski definition) is 0. The number of unbranched alkanes of at least 4 members (excludes halogenated alkanes) is 1. The third-order valence-corrected chi connectivity index (χ3v) is 10.2. The van der Waals surface area contributed by atoms with Gasteiger partial charge in [0.25, 0.3) is 0 Å². The van der Waals surface area contributed by atoms with Crippen LogP contribution in [0.1, 0.15) is 97.8 Å². The fourth-order valence-corrected chi connectivity index (χ4v) is 8.57. The smallest absolute Gasteiger partial charge is 0.305 e. The maximum atomic E-state index is 12.0. The van der Waals surface area contributed by atoms with E-state index in [2.05, 4.69) is 20.8 Å². The van der Waals surface area contributed by atoms with E-state index in [0.717, 1.165) is 61.7 Å². The van der Waals surface area contributed by atoms with Crippen molar-refractivity contribution in [1.82, 2.24) is 0 Å². The van der Waals surface area contributed by atoms with Gasteiger partial charge in [0.1, 0.15) is 0 Å². The quantitative estimate of drug-likeness (QED) is 0.368. The molecule has 4 rings (SSSR count). The normalized spacial score (nSPS) is 41.3. The molecule has 0 aliphatic heterocycles. The molecule has 0 unspecified atom stereocenters. The first-order chi connectivity index (χ1) is 14.3. The van der Waals surface area contributed by atoms with E-state index < -0.39 is 0 Å². The number of carbonyl (C=O) groups is 2. The molecule has 0 bridgehead atoms. The summed E-state index contributed by atoms with van der Waals surface area (Å²) in [5.74, 6) is 4.39. The standard InChI is InChI=1S/C27H42O3/c1-18(7-5-6-8-25(29)30-4)22-11-12-23-21-10-9-19-17-20(28)13-15-26(19,2)24(21)14-16-27(22,23)3/h17-18,21-24H,5-16H2,1-4H3/t18-,21+,22-,23+,24+,26+,27-/m1/s1. The molecule has 4 aliphatic carbocycles. The van der Waals surface area contributed by atoms with E-state index >= 15 is 0 Å². The molecule has 0 radical (unpaired) electrons. The van der Waals surface area contributed by atoms with Crippen molar-refractivity contribution in [3.8, 4) is 0 Å². The van der Waals surface area contributed by atoms with E-state index in [0.29, 0.717) is 17.6 Å². The number of hydrogen-bond acceptors (Lipinski definition) is 3. The van der Waals surface area contributed by atoms with Crippen molar-refractivity contribution in [3.63, 3.8) is 0 Å². The van der Waals surface area contributed by atoms with Crippen LogP contribution in [0.4, 0.5) is 0 Å². The van der Waals surface area contributed by atoms with E-state index in [9.17, 15) is 9.59 Å². The number of ether oxygens (including phenoxy) is 1. The average Bonchev–Trinajstić information content (AvgIpc) is 3.08. The number of ketones is 1. The average molecular weight is 415 g/mol. The summed E-state index contributed by atoms with van der Waals surface area (Å²) < 4.78 is 4.78. The van der Waals surface area contributed by atoms with Crippen LogP contribution in [-0.2, 0) is 14.3 Å². The lowest BCUT2D eigenvalue weighted by Crippen LogP contribution is -2.50. The van der Waals surface area contributed by atoms with Crippen molar-refractivity contribution in [3.05, 3.63) is 11.6 Å². The molecule has 0 saturated heterocycles. The van der Waals surface area contributed by atoms with Crippen molar-refractivity contribution in [2.45, 2.75) is 97.8 Å². The van der Waals surface area contributed by atoms with Crippen LogP contribution >= 0.6 is 0 Å². The SMILES string of the molecule is COC(=O)CCCC[C@@H](C)[C@H]1CC[C@H]2[C@@H]3CCC4=CC(=O)CC[C@]4(C)[C@H]3CC[C@]12C. The van der Waals surface area contributed by atoms with Gasteiger partial charge in [-0.2, -0.15) is 0 Å². The highest BCUT2D eigenvalue weighted by atomic mass is 16.5. The summed E-state index contributed by atoms with van der Waals surface area (Å²) in [5.41, 5.74) is 2.26. The highest BCUT2D eigenvalue weighted by Gasteiger charge is 2.59. The minimum atomic E-state index is -0.0718. The molecule has 0 aromatic heterocycles. The summed E-state index contributed by atoms with van der Waals surface area (Å²) in [6, 6.07) is 0. The molecule has 3 nitrogen and oxygen atoms in total. The molecule has 3 fully saturated rings. The lowest BCUT2D eigenvalue weighted by atomic mass is 9.46. The van der Waals surface area contributed by atoms with Crippen LogP contribution in [-0.4, -0.2) is 18.9 Å². The van der Waals surface area contributed by atoms with Gasteiger partial charge in [0.05, 0.1) is 7.11 Å². The second-order valence-electron chi connectivity index (χ2n) is 11.5. The summed E-state index contributed by atoms with van der Waals surface area (Å²) >= 11 is 0. The first kappa shape index (κ1) is 22.1. The number of fused-ring (bicyclic) bond motifs is 5. The number of carbonyl (C=O) groups excluding carboxylic acids is 2. The molecule has 4 aliphatic rings. The topological polar surface area (TPSA) is 43.4 Å². The second kappa shape index (κ2) is 8.43. The summed E-state index contributed by atoms with van der Waals surface area (Å²) in [7, 11) is 1.48. The van der Waals surface area contributed by atoms with Crippen molar-refractivity contribution < 1.29 is 14.3 Å². The lowest BCUT2D eigenvalue weighted by molar-refractivity contribution is -0.140. The molecule has 0 heterocycles. The zero-order chi connectivity index (χ0) is 21.5. The maximum Gasteiger partial charge on any atom is 0.305 e.